The highest BCUT2D eigenvalue weighted by Crippen LogP contribution is 2.34. The van der Waals surface area contributed by atoms with Gasteiger partial charge in [-0.2, -0.15) is 4.98 Å². The number of benzene rings is 2. The summed E-state index contributed by atoms with van der Waals surface area (Å²) in [5.74, 6) is -1.71. The van der Waals surface area contributed by atoms with E-state index < -0.39 is 23.0 Å². The average Bonchev–Trinajstić information content (AvgIpc) is 3.21. The van der Waals surface area contributed by atoms with E-state index in [1.807, 2.05) is 6.92 Å². The molecule has 1 unspecified atom stereocenters. The molecule has 8 heteroatoms. The van der Waals surface area contributed by atoms with Crippen molar-refractivity contribution in [3.05, 3.63) is 71.3 Å². The molecule has 29 heavy (non-hydrogen) atoms. The van der Waals surface area contributed by atoms with Gasteiger partial charge in [0.2, 0.25) is 0 Å². The number of halogens is 3. The molecule has 1 fully saturated rings. The molecule has 1 aliphatic heterocycles. The van der Waals surface area contributed by atoms with Gasteiger partial charge in [0.25, 0.3) is 11.8 Å². The van der Waals surface area contributed by atoms with E-state index in [4.69, 9.17) is 4.52 Å². The van der Waals surface area contributed by atoms with Gasteiger partial charge in [-0.1, -0.05) is 12.1 Å². The van der Waals surface area contributed by atoms with Crippen LogP contribution >= 0.6 is 0 Å². The number of likely N-dealkylation sites (tertiary alicyclic amines) is 1. The Bertz CT molecular complexity index is 1050. The number of hydrogen-bond donors (Lipinski definition) is 0. The number of carbonyl (C=O) groups excluding carboxylic acids is 1. The van der Waals surface area contributed by atoms with E-state index in [1.165, 1.54) is 17.0 Å². The van der Waals surface area contributed by atoms with Crippen molar-refractivity contribution in [2.75, 3.05) is 13.1 Å². The summed E-state index contributed by atoms with van der Waals surface area (Å²) in [4.78, 5) is 18.7. The predicted molar refractivity (Wildman–Crippen MR) is 98.5 cm³/mol. The Balaban J connectivity index is 1.58. The quantitative estimate of drug-likeness (QED) is 0.655. The second-order valence-electron chi connectivity index (χ2n) is 7.45. The topological polar surface area (TPSA) is 59.2 Å². The minimum Gasteiger partial charge on any atom is -0.338 e. The summed E-state index contributed by atoms with van der Waals surface area (Å²) in [6.07, 6.45) is 1.35. The molecule has 4 rings (SSSR count). The zero-order valence-corrected chi connectivity index (χ0v) is 15.7. The molecule has 1 amide bonds. The molecule has 1 atom stereocenters. The number of nitrogens with zero attached hydrogens (tertiary/aromatic N) is 3. The molecule has 5 nitrogen and oxygen atoms in total. The Morgan fingerprint density at radius 1 is 1.10 bits per heavy atom. The Morgan fingerprint density at radius 3 is 2.59 bits per heavy atom. The Hall–Kier alpha value is -3.16. The maximum absolute atomic E-state index is 14.0. The smallest absolute Gasteiger partial charge is 0.257 e. The van der Waals surface area contributed by atoms with Crippen molar-refractivity contribution in [3.8, 4) is 11.5 Å². The third-order valence-electron chi connectivity index (χ3n) is 5.20. The summed E-state index contributed by atoms with van der Waals surface area (Å²) in [7, 11) is 0. The fourth-order valence-corrected chi connectivity index (χ4v) is 3.61. The van der Waals surface area contributed by atoms with Crippen LogP contribution in [0.2, 0.25) is 0 Å². The molecule has 0 bridgehead atoms. The van der Waals surface area contributed by atoms with E-state index in [9.17, 15) is 18.0 Å². The van der Waals surface area contributed by atoms with Gasteiger partial charge in [-0.15, -0.1) is 0 Å². The number of rotatable bonds is 3. The van der Waals surface area contributed by atoms with Gasteiger partial charge in [0.15, 0.2) is 5.82 Å². The lowest BCUT2D eigenvalue weighted by Crippen LogP contribution is -2.47. The number of carbonyl (C=O) groups is 1. The fourth-order valence-electron chi connectivity index (χ4n) is 3.61. The van der Waals surface area contributed by atoms with Crippen LogP contribution in [0.5, 0.6) is 0 Å². The maximum atomic E-state index is 14.0. The summed E-state index contributed by atoms with van der Waals surface area (Å²) in [6.45, 7) is 2.56. The molecule has 0 N–H and O–H groups in total. The van der Waals surface area contributed by atoms with Crippen LogP contribution < -0.4 is 0 Å². The Morgan fingerprint density at radius 2 is 1.83 bits per heavy atom. The molecular weight excluding hydrogens is 383 g/mol. The summed E-state index contributed by atoms with van der Waals surface area (Å²) in [6, 6.07) is 8.51. The molecule has 0 aliphatic carbocycles. The molecule has 150 valence electrons. The molecule has 2 aromatic carbocycles. The van der Waals surface area contributed by atoms with Gasteiger partial charge in [0, 0.05) is 24.1 Å². The molecule has 3 aromatic rings. The monoisotopic (exact) mass is 401 g/mol. The zero-order chi connectivity index (χ0) is 20.6. The maximum Gasteiger partial charge on any atom is 0.257 e. The van der Waals surface area contributed by atoms with E-state index in [-0.39, 0.29) is 23.8 Å². The number of hydrogen-bond acceptors (Lipinski definition) is 4. The molecule has 0 spiro atoms. The largest absolute Gasteiger partial charge is 0.338 e. The molecular formula is C21H18F3N3O2. The van der Waals surface area contributed by atoms with Crippen molar-refractivity contribution in [2.45, 2.75) is 25.2 Å². The van der Waals surface area contributed by atoms with Crippen LogP contribution in [0.3, 0.4) is 0 Å². The normalized spacial score (nSPS) is 19.4. The van der Waals surface area contributed by atoms with Gasteiger partial charge in [-0.05, 0) is 55.3 Å². The highest BCUT2D eigenvalue weighted by Gasteiger charge is 2.39. The Kier molecular flexibility index (Phi) is 4.86. The van der Waals surface area contributed by atoms with Crippen molar-refractivity contribution < 1.29 is 22.5 Å². The average molecular weight is 401 g/mol. The highest BCUT2D eigenvalue weighted by molar-refractivity contribution is 5.94. The van der Waals surface area contributed by atoms with Crippen LogP contribution in [0.15, 0.2) is 47.0 Å². The van der Waals surface area contributed by atoms with Crippen molar-refractivity contribution in [2.24, 2.45) is 0 Å². The molecule has 0 radical (unpaired) electrons. The van der Waals surface area contributed by atoms with Crippen molar-refractivity contribution in [1.82, 2.24) is 15.0 Å². The van der Waals surface area contributed by atoms with E-state index in [2.05, 4.69) is 10.1 Å². The summed E-state index contributed by atoms with van der Waals surface area (Å²) in [5, 5.41) is 4.06. The SMILES string of the molecule is CC1(c2noc(-c3ccc(F)cc3)n2)CCCN(C(=O)c2cc(F)ccc2F)C1. The van der Waals surface area contributed by atoms with E-state index >= 15 is 0 Å². The van der Waals surface area contributed by atoms with Gasteiger partial charge in [0.05, 0.1) is 5.56 Å². The number of amides is 1. The van der Waals surface area contributed by atoms with Gasteiger partial charge in [-0.3, -0.25) is 4.79 Å². The highest BCUT2D eigenvalue weighted by atomic mass is 19.1. The number of aromatic nitrogens is 2. The van der Waals surface area contributed by atoms with Crippen LogP contribution in [0.1, 0.15) is 35.9 Å². The lowest BCUT2D eigenvalue weighted by Gasteiger charge is -2.38. The first-order valence-electron chi connectivity index (χ1n) is 9.20. The van der Waals surface area contributed by atoms with E-state index in [1.54, 1.807) is 12.1 Å². The predicted octanol–water partition coefficient (Wildman–Crippen LogP) is 4.35. The summed E-state index contributed by atoms with van der Waals surface area (Å²) in [5.41, 5.74) is -0.326. The third-order valence-corrected chi connectivity index (χ3v) is 5.20. The second-order valence-corrected chi connectivity index (χ2v) is 7.45. The minimum atomic E-state index is -0.762. The zero-order valence-electron chi connectivity index (χ0n) is 15.7. The lowest BCUT2D eigenvalue weighted by molar-refractivity contribution is 0.0636. The second kappa shape index (κ2) is 7.35. The molecule has 1 aromatic heterocycles. The first kappa shape index (κ1) is 19.2. The van der Waals surface area contributed by atoms with Crippen LogP contribution in [-0.4, -0.2) is 34.0 Å². The fraction of sp³-hybridized carbons (Fsp3) is 0.286. The van der Waals surface area contributed by atoms with Gasteiger partial charge >= 0.3 is 0 Å². The van der Waals surface area contributed by atoms with E-state index in [0.717, 1.165) is 18.2 Å². The molecule has 0 saturated carbocycles. The molecule has 2 heterocycles. The first-order valence-corrected chi connectivity index (χ1v) is 9.20. The lowest BCUT2D eigenvalue weighted by atomic mass is 9.81. The van der Waals surface area contributed by atoms with E-state index in [0.29, 0.717) is 30.8 Å². The third kappa shape index (κ3) is 3.74. The van der Waals surface area contributed by atoms with Crippen LogP contribution in [0.25, 0.3) is 11.5 Å². The first-order chi connectivity index (χ1) is 13.9. The molecule has 1 saturated heterocycles. The van der Waals surface area contributed by atoms with Crippen LogP contribution in [0.4, 0.5) is 13.2 Å². The van der Waals surface area contributed by atoms with Gasteiger partial charge < -0.3 is 9.42 Å². The van der Waals surface area contributed by atoms with Crippen molar-refractivity contribution in [3.63, 3.8) is 0 Å². The Labute approximate surface area is 165 Å². The summed E-state index contributed by atoms with van der Waals surface area (Å²) < 4.78 is 46.0. The molecule has 1 aliphatic rings. The standard InChI is InChI=1S/C21H18F3N3O2/c1-21(20-25-18(29-26-20)13-3-5-14(22)6-4-13)9-2-10-27(12-21)19(28)16-11-15(23)7-8-17(16)24/h3-8,11H,2,9-10,12H2,1H3. The minimum absolute atomic E-state index is 0.240. The van der Waals surface area contributed by atoms with Crippen molar-refractivity contribution in [1.29, 1.82) is 0 Å². The summed E-state index contributed by atoms with van der Waals surface area (Å²) >= 11 is 0. The van der Waals surface area contributed by atoms with Gasteiger partial charge in [-0.25, -0.2) is 13.2 Å². The van der Waals surface area contributed by atoms with Gasteiger partial charge in [0.1, 0.15) is 17.5 Å². The van der Waals surface area contributed by atoms with Crippen molar-refractivity contribution >= 4 is 5.91 Å². The van der Waals surface area contributed by atoms with Crippen LogP contribution in [0, 0.1) is 17.5 Å². The number of piperidine rings is 1. The van der Waals surface area contributed by atoms with Crippen LogP contribution in [-0.2, 0) is 5.41 Å².